The molecule has 0 bridgehead atoms. The average Bonchev–Trinajstić information content (AvgIpc) is 3.14. The first-order chi connectivity index (χ1) is 11.3. The minimum Gasteiger partial charge on any atom is -0.351 e. The van der Waals surface area contributed by atoms with Crippen LogP contribution in [-0.4, -0.2) is 30.7 Å². The Hall–Kier alpha value is -1.82. The first-order valence-electron chi connectivity index (χ1n) is 7.59. The first-order valence-corrected chi connectivity index (χ1v) is 8.47. The fourth-order valence-corrected chi connectivity index (χ4v) is 3.38. The van der Waals surface area contributed by atoms with Crippen molar-refractivity contribution < 1.29 is 14.3 Å². The molecule has 1 saturated heterocycles. The summed E-state index contributed by atoms with van der Waals surface area (Å²) >= 11 is 1.47. The van der Waals surface area contributed by atoms with Crippen LogP contribution in [0.15, 0.2) is 65.6 Å². The molecule has 2 aromatic carbocycles. The van der Waals surface area contributed by atoms with Crippen LogP contribution in [0.4, 0.5) is 0 Å². The molecule has 0 radical (unpaired) electrons. The van der Waals surface area contributed by atoms with Gasteiger partial charge in [0.2, 0.25) is 5.91 Å². The minimum absolute atomic E-state index is 0.0744. The number of thioether (sulfide) groups is 1. The summed E-state index contributed by atoms with van der Waals surface area (Å²) in [5.74, 6) is -0.0744. The Kier molecular flexibility index (Phi) is 5.69. The molecule has 0 saturated carbocycles. The Morgan fingerprint density at radius 1 is 1.04 bits per heavy atom. The summed E-state index contributed by atoms with van der Waals surface area (Å²) in [6, 6.07) is 19.7. The van der Waals surface area contributed by atoms with Crippen molar-refractivity contribution in [2.75, 3.05) is 13.2 Å². The summed E-state index contributed by atoms with van der Waals surface area (Å²) < 4.78 is 11.1. The molecule has 1 amide bonds. The SMILES string of the molecule is O=C(NCc1ccccc1)C(Sc1ccccc1)C1OCCO1. The lowest BCUT2D eigenvalue weighted by Gasteiger charge is -2.21. The number of carbonyl (C=O) groups is 1. The van der Waals surface area contributed by atoms with Crippen LogP contribution in [0.2, 0.25) is 0 Å². The van der Waals surface area contributed by atoms with Crippen LogP contribution < -0.4 is 5.32 Å². The van der Waals surface area contributed by atoms with Crippen LogP contribution >= 0.6 is 11.8 Å². The molecule has 1 N–H and O–H groups in total. The Balaban J connectivity index is 1.65. The normalized spacial score (nSPS) is 16.2. The Bertz CT molecular complexity index is 615. The number of rotatable bonds is 6. The molecular weight excluding hydrogens is 310 g/mol. The highest BCUT2D eigenvalue weighted by Gasteiger charge is 2.33. The minimum atomic E-state index is -0.504. The van der Waals surface area contributed by atoms with Crippen molar-refractivity contribution in [3.8, 4) is 0 Å². The molecule has 1 unspecified atom stereocenters. The molecule has 4 nitrogen and oxygen atoms in total. The molecule has 23 heavy (non-hydrogen) atoms. The van der Waals surface area contributed by atoms with E-state index in [1.165, 1.54) is 11.8 Å². The predicted octanol–water partition coefficient (Wildman–Crippen LogP) is 2.84. The maximum absolute atomic E-state index is 12.6. The fraction of sp³-hybridized carbons (Fsp3) is 0.278. The van der Waals surface area contributed by atoms with Crippen LogP contribution in [0.5, 0.6) is 0 Å². The van der Waals surface area contributed by atoms with Crippen molar-refractivity contribution in [3.63, 3.8) is 0 Å². The van der Waals surface area contributed by atoms with E-state index in [2.05, 4.69) is 5.32 Å². The van der Waals surface area contributed by atoms with Gasteiger partial charge in [0.25, 0.3) is 0 Å². The van der Waals surface area contributed by atoms with E-state index in [1.54, 1.807) is 0 Å². The number of ether oxygens (including phenoxy) is 2. The van der Waals surface area contributed by atoms with Crippen LogP contribution in [0.3, 0.4) is 0 Å². The number of amides is 1. The lowest BCUT2D eigenvalue weighted by atomic mass is 10.2. The van der Waals surface area contributed by atoms with Crippen LogP contribution in [-0.2, 0) is 20.8 Å². The topological polar surface area (TPSA) is 47.6 Å². The third-order valence-electron chi connectivity index (χ3n) is 3.47. The highest BCUT2D eigenvalue weighted by molar-refractivity contribution is 8.00. The summed E-state index contributed by atoms with van der Waals surface area (Å²) in [5, 5.41) is 2.55. The maximum Gasteiger partial charge on any atom is 0.238 e. The largest absolute Gasteiger partial charge is 0.351 e. The van der Waals surface area contributed by atoms with Gasteiger partial charge in [0, 0.05) is 11.4 Å². The quantitative estimate of drug-likeness (QED) is 0.828. The van der Waals surface area contributed by atoms with Gasteiger partial charge in [-0.15, -0.1) is 11.8 Å². The van der Waals surface area contributed by atoms with E-state index in [4.69, 9.17) is 9.47 Å². The van der Waals surface area contributed by atoms with Crippen molar-refractivity contribution in [2.45, 2.75) is 23.0 Å². The van der Waals surface area contributed by atoms with Crippen LogP contribution in [0.1, 0.15) is 5.56 Å². The van der Waals surface area contributed by atoms with Gasteiger partial charge in [-0.1, -0.05) is 48.5 Å². The fourth-order valence-electron chi connectivity index (χ4n) is 2.32. The molecule has 2 aromatic rings. The van der Waals surface area contributed by atoms with Gasteiger partial charge >= 0.3 is 0 Å². The summed E-state index contributed by atoms with van der Waals surface area (Å²) in [5.41, 5.74) is 1.07. The van der Waals surface area contributed by atoms with Gasteiger partial charge in [0.05, 0.1) is 13.2 Å². The Morgan fingerprint density at radius 2 is 1.65 bits per heavy atom. The third kappa shape index (κ3) is 4.58. The highest BCUT2D eigenvalue weighted by atomic mass is 32.2. The number of benzene rings is 2. The molecule has 1 atom stereocenters. The summed E-state index contributed by atoms with van der Waals surface area (Å²) in [6.07, 6.45) is -0.504. The zero-order valence-electron chi connectivity index (χ0n) is 12.7. The Labute approximate surface area is 140 Å². The predicted molar refractivity (Wildman–Crippen MR) is 90.1 cm³/mol. The van der Waals surface area contributed by atoms with Crippen molar-refractivity contribution >= 4 is 17.7 Å². The van der Waals surface area contributed by atoms with E-state index in [0.29, 0.717) is 19.8 Å². The van der Waals surface area contributed by atoms with Crippen LogP contribution in [0, 0.1) is 0 Å². The van der Waals surface area contributed by atoms with Gasteiger partial charge in [-0.2, -0.15) is 0 Å². The molecule has 3 rings (SSSR count). The number of nitrogens with one attached hydrogen (secondary N) is 1. The standard InChI is InChI=1S/C18H19NO3S/c20-17(19-13-14-7-3-1-4-8-14)16(18-21-11-12-22-18)23-15-9-5-2-6-10-15/h1-10,16,18H,11-13H2,(H,19,20). The second-order valence-electron chi connectivity index (χ2n) is 5.16. The van der Waals surface area contributed by atoms with Crippen molar-refractivity contribution in [1.29, 1.82) is 0 Å². The summed E-state index contributed by atoms with van der Waals surface area (Å²) in [4.78, 5) is 13.6. The lowest BCUT2D eigenvalue weighted by Crippen LogP contribution is -2.40. The number of carbonyl (C=O) groups excluding carboxylic acids is 1. The Morgan fingerprint density at radius 3 is 2.30 bits per heavy atom. The molecule has 1 aliphatic heterocycles. The van der Waals surface area contributed by atoms with E-state index in [0.717, 1.165) is 10.5 Å². The molecular formula is C18H19NO3S. The van der Waals surface area contributed by atoms with Gasteiger partial charge in [-0.05, 0) is 17.7 Å². The average molecular weight is 329 g/mol. The molecule has 1 heterocycles. The summed E-state index contributed by atoms with van der Waals surface area (Å²) in [6.45, 7) is 1.56. The molecule has 0 aliphatic carbocycles. The van der Waals surface area contributed by atoms with Gasteiger partial charge in [-0.3, -0.25) is 4.79 Å². The van der Waals surface area contributed by atoms with Crippen molar-refractivity contribution in [2.24, 2.45) is 0 Å². The second kappa shape index (κ2) is 8.15. The zero-order chi connectivity index (χ0) is 15.9. The van der Waals surface area contributed by atoms with E-state index >= 15 is 0 Å². The second-order valence-corrected chi connectivity index (χ2v) is 6.38. The number of hydrogen-bond acceptors (Lipinski definition) is 4. The number of hydrogen-bond donors (Lipinski definition) is 1. The molecule has 120 valence electrons. The van der Waals surface area contributed by atoms with Crippen molar-refractivity contribution in [1.82, 2.24) is 5.32 Å². The van der Waals surface area contributed by atoms with Gasteiger partial charge in [-0.25, -0.2) is 0 Å². The maximum atomic E-state index is 12.6. The van der Waals surface area contributed by atoms with Crippen molar-refractivity contribution in [3.05, 3.63) is 66.2 Å². The molecule has 0 spiro atoms. The molecule has 0 aromatic heterocycles. The summed E-state index contributed by atoms with van der Waals surface area (Å²) in [7, 11) is 0. The third-order valence-corrected chi connectivity index (χ3v) is 4.70. The smallest absolute Gasteiger partial charge is 0.238 e. The van der Waals surface area contributed by atoms with Gasteiger partial charge in [0.15, 0.2) is 6.29 Å². The van der Waals surface area contributed by atoms with E-state index in [9.17, 15) is 4.79 Å². The van der Waals surface area contributed by atoms with E-state index in [1.807, 2.05) is 60.7 Å². The first kappa shape index (κ1) is 16.1. The molecule has 1 aliphatic rings. The van der Waals surface area contributed by atoms with E-state index < -0.39 is 11.5 Å². The molecule has 1 fully saturated rings. The lowest BCUT2D eigenvalue weighted by molar-refractivity contribution is -0.128. The van der Waals surface area contributed by atoms with E-state index in [-0.39, 0.29) is 5.91 Å². The zero-order valence-corrected chi connectivity index (χ0v) is 13.5. The highest BCUT2D eigenvalue weighted by Crippen LogP contribution is 2.28. The van der Waals surface area contributed by atoms with Crippen LogP contribution in [0.25, 0.3) is 0 Å². The monoisotopic (exact) mass is 329 g/mol. The molecule has 5 heteroatoms. The van der Waals surface area contributed by atoms with Gasteiger partial charge < -0.3 is 14.8 Å². The van der Waals surface area contributed by atoms with Gasteiger partial charge in [0.1, 0.15) is 5.25 Å².